The number of hydrogen-bond acceptors (Lipinski definition) is 1. The Morgan fingerprint density at radius 3 is 2.65 bits per heavy atom. The summed E-state index contributed by atoms with van der Waals surface area (Å²) in [6, 6.07) is 0.695. The Hall–Kier alpha value is -0.300. The molecular formula is C16H29N. The van der Waals surface area contributed by atoms with Crippen LogP contribution < -0.4 is 5.32 Å². The zero-order valence-corrected chi connectivity index (χ0v) is 11.5. The second kappa shape index (κ2) is 6.58. The molecule has 2 aliphatic rings. The standard InChI is InChI=1S/C16H29N/c1-3-7-16(17-4-2)15-11-10-13-8-5-6-9-14(13)12-15/h3,13-17H,1,4-12H2,2H3. The quantitative estimate of drug-likeness (QED) is 0.706. The summed E-state index contributed by atoms with van der Waals surface area (Å²) in [5.74, 6) is 3.03. The van der Waals surface area contributed by atoms with Crippen LogP contribution in [-0.2, 0) is 0 Å². The molecule has 0 amide bonds. The van der Waals surface area contributed by atoms with E-state index in [1.54, 1.807) is 0 Å². The van der Waals surface area contributed by atoms with Crippen LogP contribution in [0.5, 0.6) is 0 Å². The van der Waals surface area contributed by atoms with Gasteiger partial charge in [-0.1, -0.05) is 38.7 Å². The van der Waals surface area contributed by atoms with Gasteiger partial charge in [-0.2, -0.15) is 0 Å². The summed E-state index contributed by atoms with van der Waals surface area (Å²) in [7, 11) is 0. The Kier molecular flexibility index (Phi) is 5.09. The van der Waals surface area contributed by atoms with Crippen molar-refractivity contribution >= 4 is 0 Å². The molecule has 1 heteroatoms. The van der Waals surface area contributed by atoms with Crippen LogP contribution in [0.15, 0.2) is 12.7 Å². The van der Waals surface area contributed by atoms with Gasteiger partial charge in [-0.05, 0) is 50.0 Å². The molecule has 0 saturated heterocycles. The number of nitrogens with one attached hydrogen (secondary N) is 1. The monoisotopic (exact) mass is 235 g/mol. The molecule has 0 aromatic heterocycles. The first kappa shape index (κ1) is 13.1. The summed E-state index contributed by atoms with van der Waals surface area (Å²) in [4.78, 5) is 0. The van der Waals surface area contributed by atoms with E-state index in [1.807, 2.05) is 0 Å². The van der Waals surface area contributed by atoms with Crippen molar-refractivity contribution in [1.82, 2.24) is 5.32 Å². The van der Waals surface area contributed by atoms with Gasteiger partial charge in [-0.15, -0.1) is 6.58 Å². The van der Waals surface area contributed by atoms with E-state index in [1.165, 1.54) is 44.9 Å². The van der Waals surface area contributed by atoms with E-state index in [-0.39, 0.29) is 0 Å². The number of rotatable bonds is 5. The van der Waals surface area contributed by atoms with Gasteiger partial charge in [0.2, 0.25) is 0 Å². The molecule has 2 rings (SSSR count). The van der Waals surface area contributed by atoms with Gasteiger partial charge in [-0.25, -0.2) is 0 Å². The van der Waals surface area contributed by atoms with Crippen molar-refractivity contribution in [1.29, 1.82) is 0 Å². The maximum Gasteiger partial charge on any atom is 0.0130 e. The van der Waals surface area contributed by atoms with Crippen molar-refractivity contribution < 1.29 is 0 Å². The highest BCUT2D eigenvalue weighted by Crippen LogP contribution is 2.43. The molecule has 0 aliphatic heterocycles. The van der Waals surface area contributed by atoms with Crippen molar-refractivity contribution in [2.24, 2.45) is 17.8 Å². The van der Waals surface area contributed by atoms with Gasteiger partial charge >= 0.3 is 0 Å². The topological polar surface area (TPSA) is 12.0 Å². The van der Waals surface area contributed by atoms with Gasteiger partial charge in [0.25, 0.3) is 0 Å². The zero-order valence-electron chi connectivity index (χ0n) is 11.5. The first-order chi connectivity index (χ1) is 8.35. The molecular weight excluding hydrogens is 206 g/mol. The van der Waals surface area contributed by atoms with E-state index in [0.29, 0.717) is 6.04 Å². The van der Waals surface area contributed by atoms with E-state index in [4.69, 9.17) is 0 Å². The van der Waals surface area contributed by atoms with Gasteiger partial charge < -0.3 is 5.32 Å². The van der Waals surface area contributed by atoms with Gasteiger partial charge in [0.1, 0.15) is 0 Å². The third-order valence-corrected chi connectivity index (χ3v) is 5.04. The lowest BCUT2D eigenvalue weighted by Gasteiger charge is -2.42. The Balaban J connectivity index is 1.90. The molecule has 4 unspecified atom stereocenters. The average molecular weight is 235 g/mol. The van der Waals surface area contributed by atoms with Gasteiger partial charge in [0, 0.05) is 6.04 Å². The third-order valence-electron chi connectivity index (χ3n) is 5.04. The van der Waals surface area contributed by atoms with Crippen LogP contribution >= 0.6 is 0 Å². The Morgan fingerprint density at radius 2 is 1.94 bits per heavy atom. The lowest BCUT2D eigenvalue weighted by Crippen LogP contribution is -2.40. The largest absolute Gasteiger partial charge is 0.314 e. The van der Waals surface area contributed by atoms with E-state index in [0.717, 1.165) is 30.7 Å². The summed E-state index contributed by atoms with van der Waals surface area (Å²) in [6.45, 7) is 7.24. The summed E-state index contributed by atoms with van der Waals surface area (Å²) in [5, 5.41) is 3.68. The fraction of sp³-hybridized carbons (Fsp3) is 0.875. The van der Waals surface area contributed by atoms with E-state index >= 15 is 0 Å². The summed E-state index contributed by atoms with van der Waals surface area (Å²) >= 11 is 0. The van der Waals surface area contributed by atoms with Gasteiger partial charge in [0.15, 0.2) is 0 Å². The van der Waals surface area contributed by atoms with Crippen LogP contribution in [0.4, 0.5) is 0 Å². The molecule has 1 N–H and O–H groups in total. The minimum absolute atomic E-state index is 0.695. The van der Waals surface area contributed by atoms with Crippen LogP contribution in [0.1, 0.15) is 58.3 Å². The smallest absolute Gasteiger partial charge is 0.0130 e. The van der Waals surface area contributed by atoms with Crippen LogP contribution in [0.2, 0.25) is 0 Å². The molecule has 0 bridgehead atoms. The van der Waals surface area contributed by atoms with Crippen molar-refractivity contribution in [3.05, 3.63) is 12.7 Å². The molecule has 0 spiro atoms. The van der Waals surface area contributed by atoms with E-state index in [2.05, 4.69) is 24.9 Å². The highest BCUT2D eigenvalue weighted by Gasteiger charge is 2.34. The van der Waals surface area contributed by atoms with Crippen LogP contribution in [0.25, 0.3) is 0 Å². The Morgan fingerprint density at radius 1 is 1.18 bits per heavy atom. The highest BCUT2D eigenvalue weighted by molar-refractivity contribution is 4.90. The Bertz CT molecular complexity index is 236. The lowest BCUT2D eigenvalue weighted by molar-refractivity contribution is 0.110. The fourth-order valence-corrected chi connectivity index (χ4v) is 4.16. The SMILES string of the molecule is C=CCC(NCC)C1CCC2CCCCC2C1. The summed E-state index contributed by atoms with van der Waals surface area (Å²) < 4.78 is 0. The van der Waals surface area contributed by atoms with Crippen molar-refractivity contribution in [3.8, 4) is 0 Å². The number of fused-ring (bicyclic) bond motifs is 1. The van der Waals surface area contributed by atoms with Crippen LogP contribution in [-0.4, -0.2) is 12.6 Å². The maximum atomic E-state index is 3.92. The van der Waals surface area contributed by atoms with Crippen molar-refractivity contribution in [3.63, 3.8) is 0 Å². The number of hydrogen-bond donors (Lipinski definition) is 1. The minimum atomic E-state index is 0.695. The maximum absolute atomic E-state index is 3.92. The highest BCUT2D eigenvalue weighted by atomic mass is 14.9. The van der Waals surface area contributed by atoms with Gasteiger partial charge in [-0.3, -0.25) is 0 Å². The zero-order chi connectivity index (χ0) is 12.1. The molecule has 2 saturated carbocycles. The first-order valence-electron chi connectivity index (χ1n) is 7.69. The molecule has 17 heavy (non-hydrogen) atoms. The minimum Gasteiger partial charge on any atom is -0.314 e. The molecule has 2 aliphatic carbocycles. The molecule has 0 radical (unpaired) electrons. The van der Waals surface area contributed by atoms with E-state index < -0.39 is 0 Å². The van der Waals surface area contributed by atoms with Crippen molar-refractivity contribution in [2.45, 2.75) is 64.3 Å². The molecule has 98 valence electrons. The van der Waals surface area contributed by atoms with Crippen molar-refractivity contribution in [2.75, 3.05) is 6.54 Å². The average Bonchev–Trinajstić information content (AvgIpc) is 2.38. The Labute approximate surface area is 107 Å². The first-order valence-corrected chi connectivity index (χ1v) is 7.69. The molecule has 2 fully saturated rings. The second-order valence-corrected chi connectivity index (χ2v) is 6.07. The fourth-order valence-electron chi connectivity index (χ4n) is 4.16. The predicted octanol–water partition coefficient (Wildman–Crippen LogP) is 4.15. The summed E-state index contributed by atoms with van der Waals surface area (Å²) in [5.41, 5.74) is 0. The normalized spacial score (nSPS) is 35.0. The van der Waals surface area contributed by atoms with Gasteiger partial charge in [0.05, 0.1) is 0 Å². The molecule has 0 heterocycles. The van der Waals surface area contributed by atoms with E-state index in [9.17, 15) is 0 Å². The van der Waals surface area contributed by atoms with Crippen LogP contribution in [0.3, 0.4) is 0 Å². The second-order valence-electron chi connectivity index (χ2n) is 6.07. The molecule has 1 nitrogen and oxygen atoms in total. The van der Waals surface area contributed by atoms with Crippen LogP contribution in [0, 0.1) is 17.8 Å². The summed E-state index contributed by atoms with van der Waals surface area (Å²) in [6.07, 6.45) is 13.7. The third kappa shape index (κ3) is 3.34. The lowest BCUT2D eigenvalue weighted by atomic mass is 9.66. The molecule has 0 aromatic carbocycles. The molecule has 0 aromatic rings. The molecule has 4 atom stereocenters. The predicted molar refractivity (Wildman–Crippen MR) is 75.1 cm³/mol.